The number of nitriles is 1. The van der Waals surface area contributed by atoms with Crippen molar-refractivity contribution in [2.45, 2.75) is 0 Å². The van der Waals surface area contributed by atoms with E-state index in [-0.39, 0.29) is 0 Å². The molecule has 0 aliphatic carbocycles. The predicted molar refractivity (Wildman–Crippen MR) is 71.3 cm³/mol. The predicted octanol–water partition coefficient (Wildman–Crippen LogP) is 3.75. The summed E-state index contributed by atoms with van der Waals surface area (Å²) in [5.74, 6) is 0. The molecule has 1 N–H and O–H groups in total. The number of nitrogens with one attached hydrogen (secondary N) is 1. The number of hydrogen-bond donors (Lipinski definition) is 1. The van der Waals surface area contributed by atoms with Crippen LogP contribution in [0.4, 0.5) is 0 Å². The van der Waals surface area contributed by atoms with E-state index in [4.69, 9.17) is 11.6 Å². The van der Waals surface area contributed by atoms with Gasteiger partial charge in [-0.15, -0.1) is 0 Å². The molecule has 0 aliphatic rings. The molecule has 3 nitrogen and oxygen atoms in total. The molecule has 0 aliphatic heterocycles. The van der Waals surface area contributed by atoms with Crippen molar-refractivity contribution >= 4 is 22.6 Å². The van der Waals surface area contributed by atoms with Crippen LogP contribution in [-0.2, 0) is 0 Å². The quantitative estimate of drug-likeness (QED) is 0.718. The largest absolute Gasteiger partial charge is 0.338 e. The van der Waals surface area contributed by atoms with Crippen molar-refractivity contribution in [2.24, 2.45) is 0 Å². The number of fused-ring (bicyclic) bond motifs is 1. The molecule has 86 valence electrons. The lowest BCUT2D eigenvalue weighted by atomic mass is 10.1. The Morgan fingerprint density at radius 3 is 2.72 bits per heavy atom. The zero-order chi connectivity index (χ0) is 12.5. The minimum absolute atomic E-state index is 0.526. The highest BCUT2D eigenvalue weighted by molar-refractivity contribution is 6.31. The summed E-state index contributed by atoms with van der Waals surface area (Å²) in [4.78, 5) is 7.36. The number of rotatable bonds is 1. The average molecular weight is 254 g/mol. The summed E-state index contributed by atoms with van der Waals surface area (Å²) in [6.07, 6.45) is 1.57. The van der Waals surface area contributed by atoms with Gasteiger partial charge in [0.1, 0.15) is 11.7 Å². The minimum Gasteiger partial charge on any atom is -0.338 e. The van der Waals surface area contributed by atoms with E-state index in [0.29, 0.717) is 16.2 Å². The van der Waals surface area contributed by atoms with Crippen LogP contribution in [0.2, 0.25) is 5.02 Å². The van der Waals surface area contributed by atoms with Gasteiger partial charge in [-0.25, -0.2) is 4.98 Å². The first-order chi connectivity index (χ1) is 8.79. The average Bonchev–Trinajstić information content (AvgIpc) is 2.77. The highest BCUT2D eigenvalue weighted by Crippen LogP contribution is 2.29. The number of aromatic amines is 1. The van der Waals surface area contributed by atoms with E-state index in [1.165, 1.54) is 0 Å². The molecule has 0 bridgehead atoms. The molecule has 1 aromatic carbocycles. The first-order valence-corrected chi connectivity index (χ1v) is 5.80. The molecule has 18 heavy (non-hydrogen) atoms. The van der Waals surface area contributed by atoms with Gasteiger partial charge < -0.3 is 4.98 Å². The van der Waals surface area contributed by atoms with Crippen LogP contribution in [0.15, 0.2) is 42.6 Å². The van der Waals surface area contributed by atoms with Gasteiger partial charge in [0.05, 0.1) is 16.3 Å². The van der Waals surface area contributed by atoms with Crippen LogP contribution in [0.3, 0.4) is 0 Å². The number of nitrogens with zero attached hydrogens (tertiary/aromatic N) is 2. The summed E-state index contributed by atoms with van der Waals surface area (Å²) in [5, 5.41) is 10.6. The Kier molecular flexibility index (Phi) is 2.51. The number of hydrogen-bond acceptors (Lipinski definition) is 2. The van der Waals surface area contributed by atoms with E-state index in [1.807, 2.05) is 30.3 Å². The van der Waals surface area contributed by atoms with E-state index in [1.54, 1.807) is 12.3 Å². The van der Waals surface area contributed by atoms with Crippen molar-refractivity contribution in [3.05, 3.63) is 53.2 Å². The summed E-state index contributed by atoms with van der Waals surface area (Å²) >= 11 is 5.92. The third-order valence-corrected chi connectivity index (χ3v) is 3.00. The maximum atomic E-state index is 9.32. The molecule has 2 heterocycles. The van der Waals surface area contributed by atoms with Crippen LogP contribution in [-0.4, -0.2) is 9.97 Å². The molecular formula is C14H8ClN3. The van der Waals surface area contributed by atoms with Crippen molar-refractivity contribution < 1.29 is 0 Å². The maximum Gasteiger partial charge on any atom is 0.139 e. The first kappa shape index (κ1) is 10.8. The Hall–Kier alpha value is -2.31. The molecule has 0 unspecified atom stereocenters. The van der Waals surface area contributed by atoms with Gasteiger partial charge in [0.25, 0.3) is 0 Å². The molecule has 3 rings (SSSR count). The van der Waals surface area contributed by atoms with Gasteiger partial charge in [-0.3, -0.25) is 0 Å². The number of benzene rings is 1. The molecule has 3 aromatic rings. The van der Waals surface area contributed by atoms with Crippen LogP contribution in [0.5, 0.6) is 0 Å². The Bertz CT molecular complexity index is 754. The van der Waals surface area contributed by atoms with Crippen molar-refractivity contribution in [2.75, 3.05) is 0 Å². The van der Waals surface area contributed by atoms with E-state index in [2.05, 4.69) is 16.0 Å². The normalized spacial score (nSPS) is 10.4. The maximum absolute atomic E-state index is 9.32. The Balaban J connectivity index is 2.34. The lowest BCUT2D eigenvalue weighted by molar-refractivity contribution is 1.32. The highest BCUT2D eigenvalue weighted by atomic mass is 35.5. The SMILES string of the molecule is N#Cc1c(-c2ccccc2)[nH]c2ncc(Cl)cc12. The summed E-state index contributed by atoms with van der Waals surface area (Å²) in [6.45, 7) is 0. The van der Waals surface area contributed by atoms with Gasteiger partial charge in [-0.2, -0.15) is 5.26 Å². The first-order valence-electron chi connectivity index (χ1n) is 5.42. The van der Waals surface area contributed by atoms with Crippen LogP contribution >= 0.6 is 11.6 Å². The second-order valence-electron chi connectivity index (χ2n) is 3.90. The third kappa shape index (κ3) is 1.64. The van der Waals surface area contributed by atoms with Gasteiger partial charge in [0.15, 0.2) is 0 Å². The number of halogens is 1. The standard InChI is InChI=1S/C14H8ClN3/c15-10-6-11-12(7-16)13(18-14(11)17-8-10)9-4-2-1-3-5-9/h1-6,8H,(H,17,18). The molecule has 0 atom stereocenters. The lowest BCUT2D eigenvalue weighted by Crippen LogP contribution is -1.80. The van der Waals surface area contributed by atoms with Gasteiger partial charge in [-0.1, -0.05) is 41.9 Å². The van der Waals surface area contributed by atoms with Crippen LogP contribution in [0.25, 0.3) is 22.3 Å². The van der Waals surface area contributed by atoms with Gasteiger partial charge in [0, 0.05) is 11.6 Å². The Morgan fingerprint density at radius 2 is 2.00 bits per heavy atom. The summed E-state index contributed by atoms with van der Waals surface area (Å²) in [6, 6.07) is 13.7. The highest BCUT2D eigenvalue weighted by Gasteiger charge is 2.13. The zero-order valence-electron chi connectivity index (χ0n) is 9.31. The zero-order valence-corrected chi connectivity index (χ0v) is 10.1. The second-order valence-corrected chi connectivity index (χ2v) is 4.34. The van der Waals surface area contributed by atoms with Crippen LogP contribution in [0, 0.1) is 11.3 Å². The Morgan fingerprint density at radius 1 is 1.22 bits per heavy atom. The van der Waals surface area contributed by atoms with Gasteiger partial charge in [-0.05, 0) is 11.6 Å². The molecular weight excluding hydrogens is 246 g/mol. The van der Waals surface area contributed by atoms with Crippen molar-refractivity contribution in [3.63, 3.8) is 0 Å². The van der Waals surface area contributed by atoms with E-state index >= 15 is 0 Å². The van der Waals surface area contributed by atoms with Crippen molar-refractivity contribution in [1.82, 2.24) is 9.97 Å². The topological polar surface area (TPSA) is 52.5 Å². The number of aromatic nitrogens is 2. The molecule has 0 amide bonds. The van der Waals surface area contributed by atoms with Crippen LogP contribution in [0.1, 0.15) is 5.56 Å². The molecule has 0 fully saturated rings. The van der Waals surface area contributed by atoms with E-state index < -0.39 is 0 Å². The molecule has 0 saturated carbocycles. The molecule has 0 saturated heterocycles. The third-order valence-electron chi connectivity index (χ3n) is 2.79. The Labute approximate surface area is 109 Å². The lowest BCUT2D eigenvalue weighted by Gasteiger charge is -1.97. The van der Waals surface area contributed by atoms with E-state index in [0.717, 1.165) is 16.6 Å². The fourth-order valence-corrected chi connectivity index (χ4v) is 2.14. The molecule has 0 spiro atoms. The summed E-state index contributed by atoms with van der Waals surface area (Å²) in [7, 11) is 0. The number of pyridine rings is 1. The van der Waals surface area contributed by atoms with Gasteiger partial charge in [0.2, 0.25) is 0 Å². The molecule has 2 aromatic heterocycles. The fraction of sp³-hybridized carbons (Fsp3) is 0. The summed E-state index contributed by atoms with van der Waals surface area (Å²) < 4.78 is 0. The minimum atomic E-state index is 0.526. The monoisotopic (exact) mass is 253 g/mol. The van der Waals surface area contributed by atoms with E-state index in [9.17, 15) is 5.26 Å². The van der Waals surface area contributed by atoms with Crippen LogP contribution < -0.4 is 0 Å². The smallest absolute Gasteiger partial charge is 0.139 e. The summed E-state index contributed by atoms with van der Waals surface area (Å²) in [5.41, 5.74) is 2.99. The molecule has 4 heteroatoms. The van der Waals surface area contributed by atoms with Crippen molar-refractivity contribution in [1.29, 1.82) is 5.26 Å². The second kappa shape index (κ2) is 4.17. The number of H-pyrrole nitrogens is 1. The van der Waals surface area contributed by atoms with Crippen molar-refractivity contribution in [3.8, 4) is 17.3 Å². The van der Waals surface area contributed by atoms with Gasteiger partial charge >= 0.3 is 0 Å². The fourth-order valence-electron chi connectivity index (χ4n) is 1.98. The molecule has 0 radical (unpaired) electrons.